The molecule has 8 bridgehead atoms. The summed E-state index contributed by atoms with van der Waals surface area (Å²) in [7, 11) is 2.80. The van der Waals surface area contributed by atoms with E-state index in [-0.39, 0.29) is 82.7 Å². The fraction of sp³-hybridized carbons (Fsp3) is 0.818. The second-order valence-corrected chi connectivity index (χ2v) is 10.4. The fourth-order valence-corrected chi connectivity index (χ4v) is 11.2. The van der Waals surface area contributed by atoms with E-state index in [0.717, 1.165) is 12.8 Å². The van der Waals surface area contributed by atoms with Crippen LogP contribution in [0.25, 0.3) is 0 Å². The summed E-state index contributed by atoms with van der Waals surface area (Å²) < 4.78 is 10.8. The lowest BCUT2D eigenvalue weighted by Gasteiger charge is -2.57. The molecular weight excluding hydrogens is 360 g/mol. The molecule has 6 nitrogen and oxygen atoms in total. The summed E-state index contributed by atoms with van der Waals surface area (Å²) in [6.07, 6.45) is 2.76. The normalized spacial score (nSPS) is 60.6. The summed E-state index contributed by atoms with van der Waals surface area (Å²) >= 11 is 0. The third-order valence-electron chi connectivity index (χ3n) is 10.7. The van der Waals surface area contributed by atoms with Gasteiger partial charge in [0.2, 0.25) is 0 Å². The number of ether oxygens (including phenoxy) is 2. The summed E-state index contributed by atoms with van der Waals surface area (Å²) in [4.78, 5) is 52.8. The van der Waals surface area contributed by atoms with Crippen LogP contribution in [0.3, 0.4) is 0 Å². The van der Waals surface area contributed by atoms with Crippen LogP contribution in [-0.4, -0.2) is 37.7 Å². The molecule has 0 aromatic heterocycles. The molecule has 8 saturated carbocycles. The average molecular weight is 384 g/mol. The van der Waals surface area contributed by atoms with Crippen LogP contribution in [0.2, 0.25) is 0 Å². The topological polar surface area (TPSA) is 86.7 Å². The van der Waals surface area contributed by atoms with Crippen molar-refractivity contribution in [2.45, 2.75) is 25.7 Å². The molecule has 2 unspecified atom stereocenters. The standard InChI is InChI=1S/C22H24O6/c1-27-19(25)21-15-7-3-5-9(23)11(7)17-13(15)14-16(21)8-4-6-10(24)12(8)18(14)22(17,21)20(26)28-2/h7-8,11-18H,3-6H2,1-2H3/t7-,8+,11-,12+,13-,14-,15+,16-,17+,18-,21?,22?/m0/s1. The lowest BCUT2D eigenvalue weighted by atomic mass is 9.43. The number of carbonyl (C=O) groups excluding carboxylic acids is 4. The first-order valence-electron chi connectivity index (χ1n) is 10.7. The van der Waals surface area contributed by atoms with Gasteiger partial charge in [-0.1, -0.05) is 0 Å². The van der Waals surface area contributed by atoms with E-state index in [1.807, 2.05) is 0 Å². The fourth-order valence-electron chi connectivity index (χ4n) is 11.2. The zero-order valence-corrected chi connectivity index (χ0v) is 16.1. The molecule has 0 aromatic carbocycles. The quantitative estimate of drug-likeness (QED) is 0.666. The van der Waals surface area contributed by atoms with E-state index >= 15 is 0 Å². The van der Waals surface area contributed by atoms with Gasteiger partial charge in [0.05, 0.1) is 25.0 Å². The van der Waals surface area contributed by atoms with Crippen molar-refractivity contribution in [3.8, 4) is 0 Å². The molecule has 0 aromatic rings. The Labute approximate surface area is 162 Å². The molecule has 0 radical (unpaired) electrons. The van der Waals surface area contributed by atoms with Crippen molar-refractivity contribution in [1.29, 1.82) is 0 Å². The highest BCUT2D eigenvalue weighted by Gasteiger charge is 3.01. The Morgan fingerprint density at radius 1 is 0.750 bits per heavy atom. The molecule has 148 valence electrons. The first-order valence-corrected chi connectivity index (χ1v) is 10.7. The zero-order valence-electron chi connectivity index (χ0n) is 16.1. The van der Waals surface area contributed by atoms with Crippen molar-refractivity contribution in [1.82, 2.24) is 0 Å². The molecular formula is C22H24O6. The number of ketones is 2. The van der Waals surface area contributed by atoms with Gasteiger partial charge < -0.3 is 9.47 Å². The number of rotatable bonds is 2. The van der Waals surface area contributed by atoms with Crippen molar-refractivity contribution < 1.29 is 28.7 Å². The van der Waals surface area contributed by atoms with Crippen LogP contribution in [0.4, 0.5) is 0 Å². The molecule has 0 saturated heterocycles. The van der Waals surface area contributed by atoms with Crippen molar-refractivity contribution in [3.05, 3.63) is 0 Å². The van der Waals surface area contributed by atoms with Crippen LogP contribution in [-0.2, 0) is 28.7 Å². The van der Waals surface area contributed by atoms with E-state index in [2.05, 4.69) is 0 Å². The molecule has 0 amide bonds. The van der Waals surface area contributed by atoms with Crippen LogP contribution >= 0.6 is 0 Å². The maximum absolute atomic E-state index is 13.6. The minimum absolute atomic E-state index is 0.0448. The van der Waals surface area contributed by atoms with Crippen LogP contribution in [0.15, 0.2) is 0 Å². The van der Waals surface area contributed by atoms with Crippen molar-refractivity contribution >= 4 is 23.5 Å². The Hall–Kier alpha value is -1.72. The molecule has 8 rings (SSSR count). The summed E-state index contributed by atoms with van der Waals surface area (Å²) in [5.41, 5.74) is -1.90. The number of esters is 2. The predicted octanol–water partition coefficient (Wildman–Crippen LogP) is 1.26. The van der Waals surface area contributed by atoms with Gasteiger partial charge in [0.15, 0.2) is 0 Å². The molecule has 8 aliphatic carbocycles. The maximum Gasteiger partial charge on any atom is 0.313 e. The van der Waals surface area contributed by atoms with Crippen molar-refractivity contribution in [3.63, 3.8) is 0 Å². The van der Waals surface area contributed by atoms with Gasteiger partial charge in [0, 0.05) is 24.7 Å². The van der Waals surface area contributed by atoms with E-state index in [0.29, 0.717) is 12.8 Å². The maximum atomic E-state index is 13.6. The van der Waals surface area contributed by atoms with Crippen LogP contribution in [0.1, 0.15) is 25.7 Å². The van der Waals surface area contributed by atoms with Crippen LogP contribution in [0, 0.1) is 70.0 Å². The second kappa shape index (κ2) is 4.39. The number of hydrogen-bond acceptors (Lipinski definition) is 6. The van der Waals surface area contributed by atoms with Crippen LogP contribution in [0.5, 0.6) is 0 Å². The summed E-state index contributed by atoms with van der Waals surface area (Å²) in [5, 5.41) is 0. The molecule has 8 aliphatic rings. The second-order valence-electron chi connectivity index (χ2n) is 10.4. The molecule has 6 heteroatoms. The Morgan fingerprint density at radius 3 is 1.54 bits per heavy atom. The summed E-state index contributed by atoms with van der Waals surface area (Å²) in [5.74, 6) is 0.217. The van der Waals surface area contributed by atoms with Gasteiger partial charge in [0.25, 0.3) is 0 Å². The van der Waals surface area contributed by atoms with Gasteiger partial charge in [-0.25, -0.2) is 0 Å². The largest absolute Gasteiger partial charge is 0.469 e. The van der Waals surface area contributed by atoms with Gasteiger partial charge in [-0.15, -0.1) is 0 Å². The smallest absolute Gasteiger partial charge is 0.313 e. The van der Waals surface area contributed by atoms with E-state index in [1.165, 1.54) is 14.2 Å². The minimum Gasteiger partial charge on any atom is -0.469 e. The Morgan fingerprint density at radius 2 is 1.14 bits per heavy atom. The van der Waals surface area contributed by atoms with E-state index in [1.54, 1.807) is 0 Å². The minimum atomic E-state index is -1.03. The van der Waals surface area contributed by atoms with Crippen molar-refractivity contribution in [2.75, 3.05) is 14.2 Å². The zero-order chi connectivity index (χ0) is 19.3. The molecule has 12 atom stereocenters. The molecule has 0 spiro atoms. The van der Waals surface area contributed by atoms with Gasteiger partial charge in [-0.05, 0) is 60.2 Å². The highest BCUT2D eigenvalue weighted by molar-refractivity contribution is 5.99. The van der Waals surface area contributed by atoms with Crippen molar-refractivity contribution in [2.24, 2.45) is 70.0 Å². The highest BCUT2D eigenvalue weighted by atomic mass is 16.5. The van der Waals surface area contributed by atoms with E-state index in [9.17, 15) is 19.2 Å². The Bertz CT molecular complexity index is 839. The lowest BCUT2D eigenvalue weighted by molar-refractivity contribution is -0.208. The third-order valence-corrected chi connectivity index (χ3v) is 10.7. The summed E-state index contributed by atoms with van der Waals surface area (Å²) in [6.45, 7) is 0. The Balaban J connectivity index is 1.55. The highest BCUT2D eigenvalue weighted by Crippen LogP contribution is 2.97. The number of fused-ring (bicyclic) bond motifs is 2. The molecule has 0 heterocycles. The monoisotopic (exact) mass is 384 g/mol. The van der Waals surface area contributed by atoms with Gasteiger partial charge in [-0.3, -0.25) is 19.2 Å². The third kappa shape index (κ3) is 1.10. The van der Waals surface area contributed by atoms with Gasteiger partial charge >= 0.3 is 11.9 Å². The number of hydrogen-bond donors (Lipinski definition) is 0. The molecule has 8 fully saturated rings. The van der Waals surface area contributed by atoms with E-state index < -0.39 is 10.8 Å². The first-order chi connectivity index (χ1) is 13.5. The van der Waals surface area contributed by atoms with Gasteiger partial charge in [-0.2, -0.15) is 0 Å². The first kappa shape index (κ1) is 16.1. The van der Waals surface area contributed by atoms with Gasteiger partial charge in [0.1, 0.15) is 11.6 Å². The molecule has 28 heavy (non-hydrogen) atoms. The average Bonchev–Trinajstić information content (AvgIpc) is 3.49. The number of methoxy groups -OCH3 is 2. The lowest BCUT2D eigenvalue weighted by Crippen LogP contribution is -2.66. The SMILES string of the molecule is COC(=O)C12[C@@H]3[C@H]4CCC(=O)[C@H]4[C@@H]4[C@H]3[C@H]3[C@@H]1[C@@H]1CCC(=O)[C@@H]1[C@@H]3C42C(=O)OC. The molecule has 0 N–H and O–H groups in total. The summed E-state index contributed by atoms with van der Waals surface area (Å²) in [6, 6.07) is 0. The van der Waals surface area contributed by atoms with Crippen LogP contribution < -0.4 is 0 Å². The van der Waals surface area contributed by atoms with E-state index in [4.69, 9.17) is 9.47 Å². The predicted molar refractivity (Wildman–Crippen MR) is 92.3 cm³/mol. The molecule has 0 aliphatic heterocycles. The Kier molecular flexibility index (Phi) is 2.53. The number of carbonyl (C=O) groups is 4. The number of Topliss-reactive ketones (excluding diaryl/α,β-unsaturated/α-hetero) is 2.